The highest BCUT2D eigenvalue weighted by atomic mass is 32.1. The summed E-state index contributed by atoms with van der Waals surface area (Å²) in [5, 5.41) is 31.0. The third-order valence-corrected chi connectivity index (χ3v) is 13.3. The molecule has 0 saturated carbocycles. The molecule has 3 aliphatic rings. The molecule has 3 aliphatic heterocycles. The number of esters is 1. The zero-order chi connectivity index (χ0) is 46.6. The first-order valence-corrected chi connectivity index (χ1v) is 22.4. The second kappa shape index (κ2) is 20.6. The number of fused-ring (bicyclic) bond motifs is 5. The number of carbonyl (C=O) groups is 3. The van der Waals surface area contributed by atoms with Crippen molar-refractivity contribution in [3.8, 4) is 10.6 Å². The van der Waals surface area contributed by atoms with Gasteiger partial charge in [-0.1, -0.05) is 39.8 Å². The number of nitrogens with two attached hydrogens (primary N) is 1. The number of carbonyl (C=O) groups excluding carboxylic acids is 3. The zero-order valence-corrected chi connectivity index (χ0v) is 39.0. The van der Waals surface area contributed by atoms with Gasteiger partial charge in [0, 0.05) is 47.2 Å². The fraction of sp³-hybridized carbons (Fsp3) is 0.705. The van der Waals surface area contributed by atoms with Crippen LogP contribution in [0.3, 0.4) is 0 Å². The van der Waals surface area contributed by atoms with Crippen LogP contribution in [0.25, 0.3) is 10.6 Å². The number of likely N-dealkylation sites (N-methyl/N-ethyl adjacent to an activating group) is 1. The molecule has 0 aliphatic carbocycles. The molecular formula is C44H65FN6O11S. The lowest BCUT2D eigenvalue weighted by molar-refractivity contribution is -0.296. The van der Waals surface area contributed by atoms with Crippen LogP contribution in [-0.4, -0.2) is 141 Å². The molecule has 4 N–H and O–H groups in total. The lowest BCUT2D eigenvalue weighted by Crippen LogP contribution is -2.61. The first-order valence-electron chi connectivity index (χ1n) is 21.6. The van der Waals surface area contributed by atoms with E-state index in [-0.39, 0.29) is 44.8 Å². The van der Waals surface area contributed by atoms with Crippen LogP contribution < -0.4 is 5.73 Å². The van der Waals surface area contributed by atoms with Crippen molar-refractivity contribution in [3.05, 3.63) is 29.4 Å². The fourth-order valence-electron chi connectivity index (χ4n) is 8.90. The van der Waals surface area contributed by atoms with Crippen LogP contribution in [0.1, 0.15) is 93.7 Å². The van der Waals surface area contributed by atoms with E-state index in [1.54, 1.807) is 45.3 Å². The predicted octanol–water partition coefficient (Wildman–Crippen LogP) is 4.70. The summed E-state index contributed by atoms with van der Waals surface area (Å²) in [5.74, 6) is -5.63. The Bertz CT molecular complexity index is 1980. The zero-order valence-electron chi connectivity index (χ0n) is 38.2. The number of cyclic esters (lactones) is 1. The van der Waals surface area contributed by atoms with Crippen molar-refractivity contribution < 1.29 is 57.5 Å². The number of thiazole rings is 1. The van der Waals surface area contributed by atoms with Gasteiger partial charge in [-0.2, -0.15) is 0 Å². The molecule has 3 fully saturated rings. The number of Topliss-reactive ketones (excluding diaryl/α,β-unsaturated/α-hetero) is 1. The highest BCUT2D eigenvalue weighted by Gasteiger charge is 2.56. The van der Waals surface area contributed by atoms with Crippen LogP contribution in [0.5, 0.6) is 0 Å². The summed E-state index contributed by atoms with van der Waals surface area (Å²) in [4.78, 5) is 62.6. The first kappa shape index (κ1) is 50.2. The molecule has 5 rings (SSSR count). The molecule has 350 valence electrons. The third-order valence-electron chi connectivity index (χ3n) is 12.4. The lowest BCUT2D eigenvalue weighted by atomic mass is 9.73. The van der Waals surface area contributed by atoms with E-state index in [1.165, 1.54) is 25.2 Å². The molecule has 63 heavy (non-hydrogen) atoms. The number of oxime groups is 1. The van der Waals surface area contributed by atoms with Crippen LogP contribution in [0.4, 0.5) is 10.2 Å². The Kier molecular flexibility index (Phi) is 16.4. The smallest absolute Gasteiger partial charge is 0.351 e. The first-order chi connectivity index (χ1) is 29.5. The average molecular weight is 905 g/mol. The molecule has 0 aromatic carbocycles. The molecule has 17 nitrogen and oxygen atoms in total. The van der Waals surface area contributed by atoms with Crippen molar-refractivity contribution in [2.24, 2.45) is 27.9 Å². The number of aliphatic hydroxyl groups excluding tert-OH is 1. The highest BCUT2D eigenvalue weighted by Crippen LogP contribution is 2.41. The Balaban J connectivity index is 1.66. The van der Waals surface area contributed by atoms with E-state index in [1.807, 2.05) is 38.9 Å². The topological polar surface area (TPSA) is 227 Å². The van der Waals surface area contributed by atoms with Crippen molar-refractivity contribution in [2.75, 3.05) is 33.0 Å². The molecule has 2 bridgehead atoms. The minimum atomic E-state index is -3.23. The lowest BCUT2D eigenvalue weighted by Gasteiger charge is -2.47. The summed E-state index contributed by atoms with van der Waals surface area (Å²) in [6.45, 7) is 13.4. The maximum Gasteiger partial charge on any atom is 0.351 e. The summed E-state index contributed by atoms with van der Waals surface area (Å²) < 4.78 is 48.9. The van der Waals surface area contributed by atoms with Gasteiger partial charge in [-0.25, -0.2) is 19.2 Å². The van der Waals surface area contributed by atoms with Crippen molar-refractivity contribution in [1.29, 1.82) is 0 Å². The summed E-state index contributed by atoms with van der Waals surface area (Å²) in [7, 11) is 3.63. The van der Waals surface area contributed by atoms with Gasteiger partial charge in [0.05, 0.1) is 42.8 Å². The number of ether oxygens (including phenoxy) is 5. The van der Waals surface area contributed by atoms with Crippen LogP contribution in [0.2, 0.25) is 0 Å². The second-order valence-electron chi connectivity index (χ2n) is 17.9. The Morgan fingerprint density at radius 3 is 2.43 bits per heavy atom. The fourth-order valence-corrected chi connectivity index (χ4v) is 9.60. The third kappa shape index (κ3) is 11.4. The number of aliphatic imine (C=N–C) groups is 1. The van der Waals surface area contributed by atoms with Gasteiger partial charge in [-0.15, -0.1) is 11.3 Å². The number of nitrogen functional groups attached to an aromatic ring is 1. The molecular weight excluding hydrogens is 840 g/mol. The number of anilines is 1. The van der Waals surface area contributed by atoms with Gasteiger partial charge in [-0.3, -0.25) is 14.6 Å². The van der Waals surface area contributed by atoms with Crippen LogP contribution in [0.15, 0.2) is 33.9 Å². The van der Waals surface area contributed by atoms with Gasteiger partial charge < -0.3 is 49.4 Å². The molecule has 19 heteroatoms. The number of pyridine rings is 1. The molecule has 2 aromatic heterocycles. The molecule has 13 atom stereocenters. The van der Waals surface area contributed by atoms with Gasteiger partial charge in [-0.05, 0) is 79.1 Å². The summed E-state index contributed by atoms with van der Waals surface area (Å²) in [6.07, 6.45) is -4.82. The van der Waals surface area contributed by atoms with Crippen molar-refractivity contribution in [1.82, 2.24) is 14.9 Å². The highest BCUT2D eigenvalue weighted by molar-refractivity contribution is 7.13. The van der Waals surface area contributed by atoms with Crippen LogP contribution >= 0.6 is 11.3 Å². The van der Waals surface area contributed by atoms with Gasteiger partial charge >= 0.3 is 5.97 Å². The SMILES string of the molecule is CCC(=O)N=C1[C@H](C)CC2(C)OC/C(=N/OCc3ccc(-c4nc(N)cs4)cn3)CO[C@H]([C@H]1C)C(C)(O)[C@@H](CC)OC(=O)C(C)(F)C(=O)[C@H](C)[C@H]2O[C@@H]1O[C@H](C)C[C@H](N(C)C)[C@H]1O. The molecule has 0 spiro atoms. The predicted molar refractivity (Wildman–Crippen MR) is 234 cm³/mol. The summed E-state index contributed by atoms with van der Waals surface area (Å²) >= 11 is 1.39. The number of ketones is 1. The number of alkyl halides is 1. The summed E-state index contributed by atoms with van der Waals surface area (Å²) in [6, 6.07) is 3.19. The Morgan fingerprint density at radius 2 is 1.83 bits per heavy atom. The Hall–Kier alpha value is -3.82. The monoisotopic (exact) mass is 904 g/mol. The van der Waals surface area contributed by atoms with E-state index in [9.17, 15) is 24.6 Å². The maximum absolute atomic E-state index is 17.0. The normalized spacial score (nSPS) is 37.6. The van der Waals surface area contributed by atoms with E-state index >= 15 is 4.39 Å². The van der Waals surface area contributed by atoms with Crippen molar-refractivity contribution in [2.45, 2.75) is 154 Å². The van der Waals surface area contributed by atoms with Crippen molar-refractivity contribution in [3.63, 3.8) is 0 Å². The number of halogens is 1. The number of hydrogen-bond acceptors (Lipinski definition) is 17. The minimum absolute atomic E-state index is 0.000396. The molecule has 2 aromatic rings. The molecule has 1 amide bonds. The summed E-state index contributed by atoms with van der Waals surface area (Å²) in [5.41, 5.74) is 0.782. The molecule has 0 radical (unpaired) electrons. The number of rotatable bonds is 9. The van der Waals surface area contributed by atoms with Crippen LogP contribution in [-0.2, 0) is 49.5 Å². The molecule has 3 saturated heterocycles. The largest absolute Gasteiger partial charge is 0.457 e. The average Bonchev–Trinajstić information content (AvgIpc) is 3.67. The molecule has 3 unspecified atom stereocenters. The van der Waals surface area contributed by atoms with E-state index < -0.39 is 95.1 Å². The van der Waals surface area contributed by atoms with Crippen LogP contribution in [0, 0.1) is 17.8 Å². The van der Waals surface area contributed by atoms with E-state index in [0.717, 1.165) is 12.5 Å². The number of hydrogen-bond donors (Lipinski definition) is 3. The van der Waals surface area contributed by atoms with E-state index in [2.05, 4.69) is 20.1 Å². The van der Waals surface area contributed by atoms with Gasteiger partial charge in [0.2, 0.25) is 5.91 Å². The van der Waals surface area contributed by atoms with Crippen molar-refractivity contribution >= 4 is 46.2 Å². The van der Waals surface area contributed by atoms with Gasteiger partial charge in [0.1, 0.15) is 34.3 Å². The Labute approximate surface area is 372 Å². The molecule has 5 heterocycles. The number of aliphatic hydroxyl groups is 2. The number of amides is 1. The van der Waals surface area contributed by atoms with Gasteiger partial charge in [0.25, 0.3) is 5.67 Å². The minimum Gasteiger partial charge on any atom is -0.457 e. The maximum atomic E-state index is 17.0. The number of nitrogens with zero attached hydrogens (tertiary/aromatic N) is 5. The number of aromatic nitrogens is 2. The second-order valence-corrected chi connectivity index (χ2v) is 18.7. The van der Waals surface area contributed by atoms with E-state index in [4.69, 9.17) is 34.3 Å². The van der Waals surface area contributed by atoms with E-state index in [0.29, 0.717) is 28.7 Å². The quantitative estimate of drug-likeness (QED) is 0.176. The Morgan fingerprint density at radius 1 is 1.11 bits per heavy atom. The van der Waals surface area contributed by atoms with Gasteiger partial charge in [0.15, 0.2) is 18.7 Å². The standard InChI is InChI=1S/C44H65FN6O11S/c1-12-31-44(9,56)38-25(5)34(49-33(52)13-2)23(3)17-42(7,58-20-29(19-57-38)50-59-21-28-15-14-27(18-47-28)39-48-32(46)22-63-39)37(26(6)36(54)43(8,45)41(55)61-31)62-40-35(53)30(51(10)11)16-24(4)60-40/h14-15,18,22-26,30-31,35,37-38,40,53,56H,12-13,16-17,19-21,46H2,1-11H3/b49-34?,50-29+/t23-,24-,25+,26+,30+,31-,35-,37-,38-,40+,42?,43?,44?/m1/s1.